The third kappa shape index (κ3) is 2.22. The molecule has 1 saturated carbocycles. The van der Waals surface area contributed by atoms with Gasteiger partial charge in [-0.25, -0.2) is 4.79 Å². The first-order valence-electron chi connectivity index (χ1n) is 7.80. The van der Waals surface area contributed by atoms with E-state index in [0.717, 1.165) is 0 Å². The molecule has 1 aliphatic rings. The van der Waals surface area contributed by atoms with Crippen molar-refractivity contribution in [3.8, 4) is 0 Å². The first kappa shape index (κ1) is 10.3. The number of fused-ring (bicyclic) bond motifs is 1. The van der Waals surface area contributed by atoms with Crippen LogP contribution >= 0.6 is 0 Å². The summed E-state index contributed by atoms with van der Waals surface area (Å²) >= 11 is 0. The molecule has 8 nitrogen and oxygen atoms in total. The van der Waals surface area contributed by atoms with Gasteiger partial charge in [-0.05, 0) is 18.9 Å². The molecule has 0 aromatic carbocycles. The summed E-state index contributed by atoms with van der Waals surface area (Å²) in [5.74, 6) is -0.227. The van der Waals surface area contributed by atoms with Crippen LogP contribution in [-0.2, 0) is 10.3 Å². The Morgan fingerprint density at radius 1 is 1.52 bits per heavy atom. The monoisotopic (exact) mass is 298 g/mol. The fraction of sp³-hybridized carbons (Fsp3) is 0.462. The fourth-order valence-electron chi connectivity index (χ4n) is 2.78. The van der Waals surface area contributed by atoms with Crippen LogP contribution in [0.25, 0.3) is 11.2 Å². The Morgan fingerprint density at radius 2 is 2.24 bits per heavy atom. The van der Waals surface area contributed by atoms with Crippen LogP contribution in [0.5, 0.6) is 0 Å². The molecule has 3 rings (SSSR count). The predicted molar refractivity (Wildman–Crippen MR) is 68.5 cm³/mol. The zero-order valence-electron chi connectivity index (χ0n) is 13.7. The standard InChI is InChI=1S/C13H13NO7/c15-12(16)21-13(4-1-8(2-5-13)14(17)18)10-7-20-11-9(10)3-6-19-11/h3,6-8H,1-2,4-5H2,(H,15,16)/i3D,6D,7D. The van der Waals surface area contributed by atoms with Gasteiger partial charge < -0.3 is 18.7 Å². The van der Waals surface area contributed by atoms with Crippen molar-refractivity contribution in [1.29, 1.82) is 0 Å². The number of carbonyl (C=O) groups is 1. The summed E-state index contributed by atoms with van der Waals surface area (Å²) in [5, 5.41) is 20.0. The van der Waals surface area contributed by atoms with Crippen molar-refractivity contribution in [2.45, 2.75) is 37.3 Å². The number of nitrogens with zero attached hydrogens (tertiary/aromatic N) is 1. The highest BCUT2D eigenvalue weighted by molar-refractivity contribution is 5.78. The topological polar surface area (TPSA) is 116 Å². The minimum Gasteiger partial charge on any atom is -0.450 e. The van der Waals surface area contributed by atoms with Crippen LogP contribution in [0.3, 0.4) is 0 Å². The van der Waals surface area contributed by atoms with Gasteiger partial charge in [0.15, 0.2) is 0 Å². The second kappa shape index (κ2) is 4.80. The molecule has 0 unspecified atom stereocenters. The lowest BCUT2D eigenvalue weighted by Gasteiger charge is -2.35. The molecule has 21 heavy (non-hydrogen) atoms. The maximum Gasteiger partial charge on any atom is 0.506 e. The maximum atomic E-state index is 11.2. The predicted octanol–water partition coefficient (Wildman–Crippen LogP) is 3.14. The number of rotatable bonds is 3. The molecule has 0 aliphatic heterocycles. The molecule has 0 saturated heterocycles. The first-order valence-corrected chi connectivity index (χ1v) is 6.30. The molecule has 1 aliphatic carbocycles. The van der Waals surface area contributed by atoms with Gasteiger partial charge in [-0.2, -0.15) is 0 Å². The van der Waals surface area contributed by atoms with Gasteiger partial charge in [0.05, 0.1) is 13.0 Å². The Labute approximate surface area is 122 Å². The van der Waals surface area contributed by atoms with Crippen molar-refractivity contribution in [1.82, 2.24) is 0 Å². The van der Waals surface area contributed by atoms with Crippen molar-refractivity contribution in [2.24, 2.45) is 0 Å². The van der Waals surface area contributed by atoms with E-state index in [1.54, 1.807) is 0 Å². The second-order valence-electron chi connectivity index (χ2n) is 4.95. The third-order valence-electron chi connectivity index (χ3n) is 3.82. The number of carboxylic acid groups (broad SMARTS) is 1. The van der Waals surface area contributed by atoms with Crippen LogP contribution in [0.15, 0.2) is 27.4 Å². The summed E-state index contributed by atoms with van der Waals surface area (Å²) in [7, 11) is 0. The summed E-state index contributed by atoms with van der Waals surface area (Å²) < 4.78 is 38.4. The molecule has 8 heteroatoms. The van der Waals surface area contributed by atoms with Crippen LogP contribution < -0.4 is 0 Å². The summed E-state index contributed by atoms with van der Waals surface area (Å²) in [5.41, 5.74) is -1.54. The van der Waals surface area contributed by atoms with Gasteiger partial charge >= 0.3 is 6.16 Å². The number of ether oxygens (including phenoxy) is 1. The largest absolute Gasteiger partial charge is 0.506 e. The molecule has 0 amide bonds. The van der Waals surface area contributed by atoms with Crippen LogP contribution in [0.1, 0.15) is 35.4 Å². The Hall–Kier alpha value is -2.51. The summed E-state index contributed by atoms with van der Waals surface area (Å²) in [6.45, 7) is 0. The van der Waals surface area contributed by atoms with E-state index in [-0.39, 0.29) is 48.5 Å². The molecule has 2 aromatic rings. The molecule has 0 bridgehead atoms. The number of nitro groups is 1. The SMILES string of the molecule is [2H]c1oc2oc([2H])c(C3(OC(=O)O)CCC([N+](=O)[O-])CC3)c2c1[2H]. The smallest absolute Gasteiger partial charge is 0.450 e. The molecular weight excluding hydrogens is 282 g/mol. The molecule has 0 spiro atoms. The lowest BCUT2D eigenvalue weighted by molar-refractivity contribution is -0.528. The number of hydrogen-bond donors (Lipinski definition) is 1. The Kier molecular flexibility index (Phi) is 2.34. The molecule has 2 aromatic heterocycles. The first-order chi connectivity index (χ1) is 11.2. The van der Waals surface area contributed by atoms with Gasteiger partial charge in [-0.1, -0.05) is 0 Å². The molecule has 0 atom stereocenters. The van der Waals surface area contributed by atoms with E-state index < -0.39 is 35.2 Å². The lowest BCUT2D eigenvalue weighted by Crippen LogP contribution is -2.39. The van der Waals surface area contributed by atoms with E-state index in [4.69, 9.17) is 22.8 Å². The van der Waals surface area contributed by atoms with Crippen molar-refractivity contribution >= 4 is 17.3 Å². The summed E-state index contributed by atoms with van der Waals surface area (Å²) in [6, 6.07) is -1.16. The van der Waals surface area contributed by atoms with E-state index in [1.165, 1.54) is 0 Å². The Balaban J connectivity index is 2.12. The van der Waals surface area contributed by atoms with Crippen LogP contribution in [-0.4, -0.2) is 22.2 Å². The van der Waals surface area contributed by atoms with Crippen molar-refractivity contribution < 1.29 is 32.5 Å². The molecule has 1 N–H and O–H groups in total. The Bertz CT molecular complexity index is 819. The average Bonchev–Trinajstić information content (AvgIpc) is 2.95. The number of furan rings is 2. The second-order valence-corrected chi connectivity index (χ2v) is 4.95. The highest BCUT2D eigenvalue weighted by Crippen LogP contribution is 2.44. The summed E-state index contributed by atoms with van der Waals surface area (Å²) in [4.78, 5) is 21.7. The van der Waals surface area contributed by atoms with Gasteiger partial charge in [0.2, 0.25) is 6.04 Å². The maximum absolute atomic E-state index is 11.2. The van der Waals surface area contributed by atoms with Crippen molar-refractivity contribution in [3.05, 3.63) is 34.2 Å². The minimum absolute atomic E-state index is 0.00537. The highest BCUT2D eigenvalue weighted by Gasteiger charge is 2.45. The molecule has 112 valence electrons. The minimum atomic E-state index is -1.59. The van der Waals surface area contributed by atoms with Gasteiger partial charge in [-0.15, -0.1) is 0 Å². The fourth-order valence-corrected chi connectivity index (χ4v) is 2.78. The molecular formula is C13H13NO7. The van der Waals surface area contributed by atoms with Crippen molar-refractivity contribution in [2.75, 3.05) is 0 Å². The van der Waals surface area contributed by atoms with E-state index in [9.17, 15) is 14.9 Å². The van der Waals surface area contributed by atoms with Crippen molar-refractivity contribution in [3.63, 3.8) is 0 Å². The normalized spacial score (nSPS) is 27.8. The van der Waals surface area contributed by atoms with E-state index in [2.05, 4.69) is 0 Å². The quantitative estimate of drug-likeness (QED) is 0.525. The zero-order chi connectivity index (χ0) is 17.6. The van der Waals surface area contributed by atoms with Gasteiger partial charge in [-0.3, -0.25) is 10.1 Å². The molecule has 0 radical (unpaired) electrons. The zero-order valence-corrected chi connectivity index (χ0v) is 10.7. The lowest BCUT2D eigenvalue weighted by atomic mass is 9.77. The van der Waals surface area contributed by atoms with Crippen LogP contribution in [0, 0.1) is 10.1 Å². The van der Waals surface area contributed by atoms with Gasteiger partial charge in [0.1, 0.15) is 14.6 Å². The third-order valence-corrected chi connectivity index (χ3v) is 3.82. The van der Waals surface area contributed by atoms with E-state index >= 15 is 0 Å². The average molecular weight is 298 g/mol. The van der Waals surface area contributed by atoms with E-state index in [1.807, 2.05) is 0 Å². The Morgan fingerprint density at radius 3 is 2.86 bits per heavy atom. The highest BCUT2D eigenvalue weighted by atomic mass is 16.7. The number of hydrogen-bond acceptors (Lipinski definition) is 6. The summed E-state index contributed by atoms with van der Waals surface area (Å²) in [6.07, 6.45) is -2.43. The van der Waals surface area contributed by atoms with Gasteiger partial charge in [0, 0.05) is 23.3 Å². The molecule has 1 fully saturated rings. The van der Waals surface area contributed by atoms with E-state index in [0.29, 0.717) is 0 Å². The van der Waals surface area contributed by atoms with Gasteiger partial charge in [0.25, 0.3) is 5.78 Å². The molecule has 2 heterocycles. The van der Waals surface area contributed by atoms with Crippen LogP contribution in [0.2, 0.25) is 0 Å². The van der Waals surface area contributed by atoms with Crippen LogP contribution in [0.4, 0.5) is 4.79 Å².